The van der Waals surface area contributed by atoms with Crippen LogP contribution in [0.2, 0.25) is 5.02 Å². The molecule has 0 radical (unpaired) electrons. The number of carbonyl (C=O) groups excluding carboxylic acids is 2. The summed E-state index contributed by atoms with van der Waals surface area (Å²) in [5, 5.41) is 16.5. The van der Waals surface area contributed by atoms with Gasteiger partial charge in [0.1, 0.15) is 11.4 Å². The van der Waals surface area contributed by atoms with E-state index in [1.54, 1.807) is 5.57 Å². The highest BCUT2D eigenvalue weighted by Crippen LogP contribution is 2.66. The second kappa shape index (κ2) is 17.6. The van der Waals surface area contributed by atoms with Gasteiger partial charge in [0.2, 0.25) is 0 Å². The van der Waals surface area contributed by atoms with Crippen molar-refractivity contribution in [3.05, 3.63) is 118 Å². The lowest BCUT2D eigenvalue weighted by Crippen LogP contribution is -2.51. The minimum atomic E-state index is -0.914. The Morgan fingerprint density at radius 2 is 1.70 bits per heavy atom. The van der Waals surface area contributed by atoms with Gasteiger partial charge in [-0.3, -0.25) is 4.79 Å². The first-order chi connectivity index (χ1) is 30.4. The predicted octanol–water partition coefficient (Wildman–Crippen LogP) is 10.0. The number of rotatable bonds is 7. The van der Waals surface area contributed by atoms with E-state index < -0.39 is 5.60 Å². The highest BCUT2D eigenvalue weighted by Gasteiger charge is 2.62. The second-order valence-electron chi connectivity index (χ2n) is 19.2. The van der Waals surface area contributed by atoms with E-state index in [4.69, 9.17) is 11.6 Å². The van der Waals surface area contributed by atoms with Gasteiger partial charge >= 0.3 is 6.03 Å². The number of aliphatic hydroxyl groups is 1. The van der Waals surface area contributed by atoms with E-state index in [9.17, 15) is 19.1 Å². The average molecular weight is 871 g/mol. The molecule has 4 aliphatic carbocycles. The number of carbonyl (C=O) groups is 2. The fourth-order valence-corrected chi connectivity index (χ4v) is 12.4. The number of likely N-dealkylation sites (tertiary alicyclic amines) is 1. The van der Waals surface area contributed by atoms with E-state index in [0.717, 1.165) is 107 Å². The van der Waals surface area contributed by atoms with Gasteiger partial charge in [-0.1, -0.05) is 42.2 Å². The third-order valence-corrected chi connectivity index (χ3v) is 15.8. The number of piperidine rings is 1. The summed E-state index contributed by atoms with van der Waals surface area (Å²) in [5.74, 6) is 7.98. The van der Waals surface area contributed by atoms with Gasteiger partial charge < -0.3 is 29.7 Å². The predicted molar refractivity (Wildman–Crippen MR) is 251 cm³/mol. The van der Waals surface area contributed by atoms with Crippen molar-refractivity contribution in [1.29, 1.82) is 0 Å². The smallest absolute Gasteiger partial charge is 0.317 e. The van der Waals surface area contributed by atoms with E-state index in [2.05, 4.69) is 83.0 Å². The molecule has 0 unspecified atom stereocenters. The topological polar surface area (TPSA) is 81.0 Å². The Morgan fingerprint density at radius 3 is 2.40 bits per heavy atom. The highest BCUT2D eigenvalue weighted by atomic mass is 35.5. The molecule has 2 N–H and O–H groups in total. The molecule has 0 spiro atoms. The van der Waals surface area contributed by atoms with Crippen molar-refractivity contribution in [1.82, 2.24) is 19.7 Å². The number of aromatic nitrogens is 1. The number of amides is 2. The largest absolute Gasteiger partial charge is 0.378 e. The Morgan fingerprint density at radius 1 is 0.937 bits per heavy atom. The van der Waals surface area contributed by atoms with Crippen molar-refractivity contribution in [2.75, 3.05) is 58.3 Å². The highest BCUT2D eigenvalue weighted by molar-refractivity contribution is 6.31. The number of hydrogen-bond donors (Lipinski definition) is 2. The molecule has 3 heterocycles. The molecule has 63 heavy (non-hydrogen) atoms. The van der Waals surface area contributed by atoms with Crippen LogP contribution in [0.15, 0.2) is 95.7 Å². The third kappa shape index (κ3) is 8.24. The summed E-state index contributed by atoms with van der Waals surface area (Å²) in [7, 11) is 4.14. The number of halogens is 2. The number of benzene rings is 3. The Hall–Kier alpha value is -4.88. The third-order valence-electron chi connectivity index (χ3n) is 15.6. The molecule has 0 bridgehead atoms. The van der Waals surface area contributed by atoms with Crippen LogP contribution in [0.4, 0.5) is 14.9 Å². The first-order valence-electron chi connectivity index (χ1n) is 23.1. The maximum Gasteiger partial charge on any atom is 0.317 e. The van der Waals surface area contributed by atoms with Gasteiger partial charge in [-0.05, 0) is 172 Å². The number of nitrogens with one attached hydrogen (secondary N) is 1. The van der Waals surface area contributed by atoms with Crippen molar-refractivity contribution in [3.63, 3.8) is 0 Å². The molecule has 3 aromatic carbocycles. The molecule has 8 nitrogen and oxygen atoms in total. The summed E-state index contributed by atoms with van der Waals surface area (Å²) >= 11 is 6.34. The quantitative estimate of drug-likeness (QED) is 0.181. The van der Waals surface area contributed by atoms with Gasteiger partial charge in [0, 0.05) is 86.0 Å². The Labute approximate surface area is 377 Å². The lowest BCUT2D eigenvalue weighted by Gasteiger charge is -2.53. The molecular formula is C53H61ClFN5O3. The van der Waals surface area contributed by atoms with Gasteiger partial charge in [-0.2, -0.15) is 0 Å². The summed E-state index contributed by atoms with van der Waals surface area (Å²) in [6.45, 7) is 9.44. The fraction of sp³-hybridized carbons (Fsp3) is 0.472. The molecule has 2 saturated carbocycles. The fourth-order valence-electron chi connectivity index (χ4n) is 12.2. The van der Waals surface area contributed by atoms with E-state index in [1.165, 1.54) is 45.5 Å². The number of allylic oxidation sites excluding steroid dienone is 4. The van der Waals surface area contributed by atoms with Crippen LogP contribution in [0.3, 0.4) is 0 Å². The van der Waals surface area contributed by atoms with Crippen molar-refractivity contribution in [3.8, 4) is 17.5 Å². The van der Waals surface area contributed by atoms with Crippen molar-refractivity contribution >= 4 is 40.0 Å². The molecule has 2 aliphatic heterocycles. The average Bonchev–Trinajstić information content (AvgIpc) is 3.95. The van der Waals surface area contributed by atoms with Crippen molar-refractivity contribution in [2.24, 2.45) is 17.3 Å². The molecule has 4 fully saturated rings. The van der Waals surface area contributed by atoms with E-state index >= 15 is 0 Å². The number of hydrogen-bond acceptors (Lipinski definition) is 5. The Balaban J connectivity index is 0.000000160. The van der Waals surface area contributed by atoms with E-state index in [0.29, 0.717) is 24.2 Å². The molecule has 6 aliphatic rings. The zero-order valence-corrected chi connectivity index (χ0v) is 38.0. The molecule has 10 rings (SSSR count). The summed E-state index contributed by atoms with van der Waals surface area (Å²) in [6.07, 6.45) is 12.6. The number of nitrogens with zero attached hydrogens (tertiary/aromatic N) is 4. The summed E-state index contributed by atoms with van der Waals surface area (Å²) in [6, 6.07) is 21.6. The number of urea groups is 1. The van der Waals surface area contributed by atoms with E-state index in [1.807, 2.05) is 48.2 Å². The minimum absolute atomic E-state index is 0.0559. The normalized spacial score (nSPS) is 27.1. The molecule has 1 aromatic heterocycles. The van der Waals surface area contributed by atoms with Gasteiger partial charge in [0.05, 0.1) is 5.52 Å². The monoisotopic (exact) mass is 869 g/mol. The van der Waals surface area contributed by atoms with Crippen LogP contribution in [0.25, 0.3) is 16.6 Å². The van der Waals surface area contributed by atoms with Crippen LogP contribution in [0, 0.1) is 34.9 Å². The van der Waals surface area contributed by atoms with Crippen LogP contribution >= 0.6 is 11.6 Å². The van der Waals surface area contributed by atoms with E-state index in [-0.39, 0.29) is 29.0 Å². The maximum atomic E-state index is 13.4. The Kier molecular flexibility index (Phi) is 12.1. The minimum Gasteiger partial charge on any atom is -0.378 e. The second-order valence-corrected chi connectivity index (χ2v) is 19.6. The zero-order valence-electron chi connectivity index (χ0n) is 37.2. The molecular weight excluding hydrogens is 809 g/mol. The van der Waals surface area contributed by atoms with Crippen LogP contribution in [-0.4, -0.2) is 90.3 Å². The number of anilines is 1. The Bertz CT molecular complexity index is 2510. The molecule has 10 heteroatoms. The standard InChI is InChI=1S/C29H35NO2.C24H26ClFN4O/c1-5-15-29(32)16-14-26-24-12-8-20-17-22(31)11-13-23(20)27(24)25(18-28(26,29)2)19-6-9-21(10-7-19)30(3)4;25-18-1-6-23-21(15-18)22(16-30(23)20-4-2-19(26)3-5-20)17-7-10-28(11-8-17)13-14-29-12-9-27-24(29)31/h6-7,9-10,17,24-26,32H,8,11-14,16,18H2,1-4H3;1-6,15-17H,7-14H2,(H,27,31)/t24-,25+,26-,28-,29-;/m0./s1. The van der Waals surface area contributed by atoms with Crippen molar-refractivity contribution < 1.29 is 19.1 Å². The lowest BCUT2D eigenvalue weighted by atomic mass is 9.51. The SMILES string of the molecule is CC#C[C@]1(O)CC[C@H]2[C@@H]3CCC4=CC(=O)CCC4=C3[C@@H](c3ccc(N(C)C)cc3)C[C@@]21C.O=C1NCCN1CCN1CCC(c2cn(-c3ccc(F)cc3)c3ccc(Cl)cc23)CC1. The van der Waals surface area contributed by atoms with Crippen LogP contribution < -0.4 is 10.2 Å². The molecule has 330 valence electrons. The zero-order chi connectivity index (χ0) is 44.0. The molecule has 2 amide bonds. The lowest BCUT2D eigenvalue weighted by molar-refractivity contribution is -0.114. The van der Waals surface area contributed by atoms with Crippen LogP contribution in [-0.2, 0) is 4.79 Å². The summed E-state index contributed by atoms with van der Waals surface area (Å²) < 4.78 is 15.6. The summed E-state index contributed by atoms with van der Waals surface area (Å²) in [5.41, 5.74) is 9.06. The van der Waals surface area contributed by atoms with Crippen LogP contribution in [0.5, 0.6) is 0 Å². The summed E-state index contributed by atoms with van der Waals surface area (Å²) in [4.78, 5) is 30.4. The van der Waals surface area contributed by atoms with Gasteiger partial charge in [-0.15, -0.1) is 5.92 Å². The number of fused-ring (bicyclic) bond motifs is 5. The first-order valence-corrected chi connectivity index (χ1v) is 23.5. The number of ketones is 1. The molecule has 4 aromatic rings. The van der Waals surface area contributed by atoms with Crippen molar-refractivity contribution in [2.45, 2.75) is 89.1 Å². The van der Waals surface area contributed by atoms with Gasteiger partial charge in [0.15, 0.2) is 5.78 Å². The van der Waals surface area contributed by atoms with Gasteiger partial charge in [0.25, 0.3) is 0 Å². The van der Waals surface area contributed by atoms with Crippen LogP contribution in [0.1, 0.15) is 94.6 Å². The van der Waals surface area contributed by atoms with Gasteiger partial charge in [-0.25, -0.2) is 9.18 Å². The molecule has 5 atom stereocenters. The first kappa shape index (κ1) is 43.4. The maximum absolute atomic E-state index is 13.4. The molecule has 2 saturated heterocycles.